The maximum Gasteiger partial charge on any atom is 0.0971 e. The van der Waals surface area contributed by atoms with E-state index in [1.165, 1.54) is 6.20 Å². The van der Waals surface area contributed by atoms with Crippen LogP contribution in [-0.4, -0.2) is 10.2 Å². The molecule has 1 aromatic rings. The summed E-state index contributed by atoms with van der Waals surface area (Å²) in [6.45, 7) is 0. The normalized spacial score (nSPS) is 9.11. The fraction of sp³-hybridized carbons (Fsp3) is 0. The number of aromatic nitrogens is 1. The Morgan fingerprint density at radius 2 is 2.44 bits per heavy atom. The molecule has 4 heteroatoms. The third-order valence-electron chi connectivity index (χ3n) is 0.888. The second-order valence-electron chi connectivity index (χ2n) is 1.47. The molecule has 0 fully saturated rings. The Morgan fingerprint density at radius 1 is 1.67 bits per heavy atom. The van der Waals surface area contributed by atoms with Gasteiger partial charge in [0.1, 0.15) is 0 Å². The van der Waals surface area contributed by atoms with Crippen LogP contribution in [0, 0.1) is 0 Å². The van der Waals surface area contributed by atoms with E-state index in [1.54, 1.807) is 12.3 Å². The van der Waals surface area contributed by atoms with E-state index in [0.717, 1.165) is 0 Å². The molecule has 1 heterocycles. The number of nitrogens with one attached hydrogen (secondary N) is 1. The van der Waals surface area contributed by atoms with Crippen LogP contribution in [0.2, 0.25) is 5.02 Å². The largest absolute Gasteiger partial charge is 0.291 e. The molecule has 0 aliphatic carbocycles. The van der Waals surface area contributed by atoms with E-state index < -0.39 is 0 Å². The summed E-state index contributed by atoms with van der Waals surface area (Å²) < 4.78 is 0. The maximum atomic E-state index is 8.34. The molecule has 1 rings (SSSR count). The Balaban J connectivity index is 3.01. The summed E-state index contributed by atoms with van der Waals surface area (Å²) in [6.07, 6.45) is 2.98. The van der Waals surface area contributed by atoms with Gasteiger partial charge in [0.25, 0.3) is 0 Å². The zero-order valence-corrected chi connectivity index (χ0v) is 5.26. The molecule has 1 aromatic heterocycles. The van der Waals surface area contributed by atoms with Gasteiger partial charge in [0.05, 0.1) is 16.9 Å². The Labute approximate surface area is 57.3 Å². The highest BCUT2D eigenvalue weighted by atomic mass is 35.5. The van der Waals surface area contributed by atoms with Crippen LogP contribution in [0.1, 0.15) is 0 Å². The molecule has 0 saturated carbocycles. The van der Waals surface area contributed by atoms with Crippen molar-refractivity contribution in [1.29, 1.82) is 0 Å². The summed E-state index contributed by atoms with van der Waals surface area (Å²) in [7, 11) is 0. The lowest BCUT2D eigenvalue weighted by Gasteiger charge is -1.97. The predicted molar refractivity (Wildman–Crippen MR) is 34.7 cm³/mol. The fourth-order valence-electron chi connectivity index (χ4n) is 0.460. The molecule has 0 aromatic carbocycles. The molecule has 0 amide bonds. The number of halogens is 1. The predicted octanol–water partition coefficient (Wildman–Crippen LogP) is 1.54. The topological polar surface area (TPSA) is 45.1 Å². The lowest BCUT2D eigenvalue weighted by Crippen LogP contribution is -1.89. The Morgan fingerprint density at radius 3 is 2.89 bits per heavy atom. The SMILES string of the molecule is ONc1cnccc1Cl. The minimum Gasteiger partial charge on any atom is -0.291 e. The molecule has 0 bridgehead atoms. The molecule has 0 aliphatic heterocycles. The van der Waals surface area contributed by atoms with Gasteiger partial charge >= 0.3 is 0 Å². The van der Waals surface area contributed by atoms with Gasteiger partial charge in [-0.15, -0.1) is 0 Å². The van der Waals surface area contributed by atoms with Crippen molar-refractivity contribution >= 4 is 17.3 Å². The Kier molecular flexibility index (Phi) is 1.87. The fourth-order valence-corrected chi connectivity index (χ4v) is 0.607. The Hall–Kier alpha value is -0.800. The summed E-state index contributed by atoms with van der Waals surface area (Å²) in [5.74, 6) is 0. The molecule has 9 heavy (non-hydrogen) atoms. The quantitative estimate of drug-likeness (QED) is 0.588. The summed E-state index contributed by atoms with van der Waals surface area (Å²) in [5, 5.41) is 8.80. The number of pyridine rings is 1. The lowest BCUT2D eigenvalue weighted by molar-refractivity contribution is 0.388. The van der Waals surface area contributed by atoms with Crippen molar-refractivity contribution in [3.8, 4) is 0 Å². The zero-order valence-electron chi connectivity index (χ0n) is 4.50. The molecule has 0 radical (unpaired) electrons. The van der Waals surface area contributed by atoms with Gasteiger partial charge in [0, 0.05) is 6.20 Å². The highest BCUT2D eigenvalue weighted by Gasteiger charge is 1.93. The number of hydrogen-bond acceptors (Lipinski definition) is 3. The van der Waals surface area contributed by atoms with Crippen molar-refractivity contribution < 1.29 is 5.21 Å². The average Bonchev–Trinajstić information content (AvgIpc) is 1.89. The molecular formula is C5H5ClN2O. The second kappa shape index (κ2) is 2.66. The monoisotopic (exact) mass is 144 g/mol. The molecule has 0 unspecified atom stereocenters. The van der Waals surface area contributed by atoms with Gasteiger partial charge in [0.2, 0.25) is 0 Å². The average molecular weight is 145 g/mol. The van der Waals surface area contributed by atoms with E-state index in [-0.39, 0.29) is 0 Å². The van der Waals surface area contributed by atoms with E-state index in [1.807, 2.05) is 5.48 Å². The van der Waals surface area contributed by atoms with E-state index in [0.29, 0.717) is 10.7 Å². The van der Waals surface area contributed by atoms with Gasteiger partial charge in [-0.25, -0.2) is 0 Å². The second-order valence-corrected chi connectivity index (χ2v) is 1.87. The van der Waals surface area contributed by atoms with Crippen LogP contribution in [-0.2, 0) is 0 Å². The first-order valence-electron chi connectivity index (χ1n) is 2.34. The Bertz CT molecular complexity index is 204. The summed E-state index contributed by atoms with van der Waals surface area (Å²) in [6, 6.07) is 1.58. The standard InChI is InChI=1S/C5H5ClN2O/c6-4-1-2-7-3-5(4)8-9/h1-3,8-9H. The van der Waals surface area contributed by atoms with Crippen LogP contribution in [0.4, 0.5) is 5.69 Å². The van der Waals surface area contributed by atoms with Gasteiger partial charge in [-0.1, -0.05) is 11.6 Å². The minimum absolute atomic E-state index is 0.416. The smallest absolute Gasteiger partial charge is 0.0971 e. The van der Waals surface area contributed by atoms with Crippen LogP contribution in [0.15, 0.2) is 18.5 Å². The summed E-state index contributed by atoms with van der Waals surface area (Å²) in [4.78, 5) is 3.71. The van der Waals surface area contributed by atoms with Crippen LogP contribution in [0.25, 0.3) is 0 Å². The molecule has 0 spiro atoms. The number of hydrogen-bond donors (Lipinski definition) is 2. The third-order valence-corrected chi connectivity index (χ3v) is 1.22. The van der Waals surface area contributed by atoms with Crippen LogP contribution in [0.3, 0.4) is 0 Å². The molecule has 0 atom stereocenters. The molecule has 0 aliphatic rings. The van der Waals surface area contributed by atoms with E-state index in [4.69, 9.17) is 16.8 Å². The van der Waals surface area contributed by atoms with Crippen molar-refractivity contribution in [2.24, 2.45) is 0 Å². The van der Waals surface area contributed by atoms with Crippen LogP contribution in [0.5, 0.6) is 0 Å². The first-order chi connectivity index (χ1) is 4.34. The van der Waals surface area contributed by atoms with E-state index in [9.17, 15) is 0 Å². The van der Waals surface area contributed by atoms with Crippen molar-refractivity contribution in [3.05, 3.63) is 23.5 Å². The maximum absolute atomic E-state index is 8.34. The molecular weight excluding hydrogens is 140 g/mol. The first-order valence-corrected chi connectivity index (χ1v) is 2.72. The van der Waals surface area contributed by atoms with E-state index >= 15 is 0 Å². The van der Waals surface area contributed by atoms with Crippen molar-refractivity contribution in [3.63, 3.8) is 0 Å². The van der Waals surface area contributed by atoms with Crippen LogP contribution >= 0.6 is 11.6 Å². The van der Waals surface area contributed by atoms with Crippen molar-refractivity contribution in [2.45, 2.75) is 0 Å². The molecule has 0 saturated heterocycles. The summed E-state index contributed by atoms with van der Waals surface area (Å²) in [5.41, 5.74) is 2.32. The number of rotatable bonds is 1. The van der Waals surface area contributed by atoms with Crippen molar-refractivity contribution in [2.75, 3.05) is 5.48 Å². The summed E-state index contributed by atoms with van der Waals surface area (Å²) >= 11 is 5.56. The molecule has 3 nitrogen and oxygen atoms in total. The zero-order chi connectivity index (χ0) is 6.69. The highest BCUT2D eigenvalue weighted by Crippen LogP contribution is 2.17. The van der Waals surface area contributed by atoms with Crippen molar-refractivity contribution in [1.82, 2.24) is 4.98 Å². The highest BCUT2D eigenvalue weighted by molar-refractivity contribution is 6.33. The van der Waals surface area contributed by atoms with Gasteiger partial charge in [-0.2, -0.15) is 0 Å². The van der Waals surface area contributed by atoms with Gasteiger partial charge in [-0.3, -0.25) is 15.7 Å². The number of anilines is 1. The van der Waals surface area contributed by atoms with Gasteiger partial charge in [0.15, 0.2) is 0 Å². The molecule has 48 valence electrons. The van der Waals surface area contributed by atoms with Gasteiger partial charge in [-0.05, 0) is 6.07 Å². The van der Waals surface area contributed by atoms with Crippen LogP contribution < -0.4 is 5.48 Å². The lowest BCUT2D eigenvalue weighted by atomic mass is 10.4. The van der Waals surface area contributed by atoms with E-state index in [2.05, 4.69) is 4.98 Å². The number of nitrogens with zero attached hydrogens (tertiary/aromatic N) is 1. The first kappa shape index (κ1) is 6.32. The minimum atomic E-state index is 0.416. The molecule has 2 N–H and O–H groups in total. The van der Waals surface area contributed by atoms with Gasteiger partial charge < -0.3 is 0 Å². The third kappa shape index (κ3) is 1.31.